The van der Waals surface area contributed by atoms with E-state index in [0.717, 1.165) is 22.6 Å². The average Bonchev–Trinajstić information content (AvgIpc) is 3.57. The molecule has 0 aliphatic heterocycles. The normalized spacial score (nSPS) is 11.6. The molecule has 12 aromatic carbocycles. The molecular weight excluding hydrogens is 1010 g/mol. The Kier molecular flexibility index (Phi) is 14.6. The summed E-state index contributed by atoms with van der Waals surface area (Å²) in [6, 6.07) is 110. The van der Waals surface area contributed by atoms with Crippen molar-refractivity contribution in [1.82, 2.24) is 0 Å². The molecule has 0 heterocycles. The molecule has 0 bridgehead atoms. The zero-order valence-corrected chi connectivity index (χ0v) is 49.2. The summed E-state index contributed by atoms with van der Waals surface area (Å²) in [5.41, 5.74) is 24.8. The van der Waals surface area contributed by atoms with E-state index in [1.165, 1.54) is 105 Å². The van der Waals surface area contributed by atoms with Crippen molar-refractivity contribution < 1.29 is 0 Å². The van der Waals surface area contributed by atoms with Gasteiger partial charge in [-0.1, -0.05) is 292 Å². The molecule has 0 aliphatic carbocycles. The number of anilines is 3. The molecular formula is C78H67NSi2. The van der Waals surface area contributed by atoms with E-state index in [0.29, 0.717) is 0 Å². The fourth-order valence-electron chi connectivity index (χ4n) is 11.3. The topological polar surface area (TPSA) is 3.24 Å². The Labute approximate surface area is 482 Å². The summed E-state index contributed by atoms with van der Waals surface area (Å²) in [4.78, 5) is 2.40. The summed E-state index contributed by atoms with van der Waals surface area (Å²) in [6.45, 7) is 14.5. The largest absolute Gasteiger partial charge is 0.311 e. The second-order valence-corrected chi connectivity index (χ2v) is 33.5. The molecule has 392 valence electrons. The van der Waals surface area contributed by atoms with Crippen LogP contribution in [0, 0.1) is 0 Å². The Bertz CT molecular complexity index is 3900. The van der Waals surface area contributed by atoms with Crippen LogP contribution in [0.2, 0.25) is 39.3 Å². The number of hydrogen-bond acceptors (Lipinski definition) is 1. The maximum atomic E-state index is 2.41. The van der Waals surface area contributed by atoms with Crippen LogP contribution in [0.1, 0.15) is 0 Å². The van der Waals surface area contributed by atoms with E-state index < -0.39 is 16.1 Å². The first-order valence-corrected chi connectivity index (χ1v) is 35.4. The fourth-order valence-corrected chi connectivity index (χ4v) is 13.6. The van der Waals surface area contributed by atoms with Crippen molar-refractivity contribution in [3.8, 4) is 100 Å². The molecule has 0 atom stereocenters. The van der Waals surface area contributed by atoms with Crippen molar-refractivity contribution in [2.75, 3.05) is 4.90 Å². The molecule has 12 aromatic rings. The highest BCUT2D eigenvalue weighted by Crippen LogP contribution is 2.43. The van der Waals surface area contributed by atoms with Crippen LogP contribution in [0.15, 0.2) is 297 Å². The molecule has 0 radical (unpaired) electrons. The third-order valence-electron chi connectivity index (χ3n) is 15.9. The first kappa shape index (κ1) is 52.6. The lowest BCUT2D eigenvalue weighted by Gasteiger charge is -2.26. The number of rotatable bonds is 14. The highest BCUT2D eigenvalue weighted by Gasteiger charge is 2.21. The van der Waals surface area contributed by atoms with E-state index in [-0.39, 0.29) is 0 Å². The van der Waals surface area contributed by atoms with Gasteiger partial charge in [-0.3, -0.25) is 0 Å². The molecule has 12 rings (SSSR count). The lowest BCUT2D eigenvalue weighted by molar-refractivity contribution is 1.28. The predicted molar refractivity (Wildman–Crippen MR) is 356 cm³/mol. The quantitative estimate of drug-likeness (QED) is 0.0981. The monoisotopic (exact) mass is 1070 g/mol. The summed E-state index contributed by atoms with van der Waals surface area (Å²) in [5, 5.41) is 2.94. The fraction of sp³-hybridized carbons (Fsp3) is 0.0769. The van der Waals surface area contributed by atoms with Gasteiger partial charge in [0.15, 0.2) is 0 Å². The van der Waals surface area contributed by atoms with Gasteiger partial charge in [-0.15, -0.1) is 0 Å². The zero-order chi connectivity index (χ0) is 55.5. The molecule has 0 aromatic heterocycles. The van der Waals surface area contributed by atoms with Gasteiger partial charge < -0.3 is 4.90 Å². The summed E-state index contributed by atoms with van der Waals surface area (Å²) >= 11 is 0. The number of hydrogen-bond donors (Lipinski definition) is 0. The van der Waals surface area contributed by atoms with Crippen molar-refractivity contribution in [2.24, 2.45) is 0 Å². The smallest absolute Gasteiger partial charge is 0.0775 e. The second kappa shape index (κ2) is 22.6. The van der Waals surface area contributed by atoms with Gasteiger partial charge in [0.1, 0.15) is 0 Å². The van der Waals surface area contributed by atoms with Gasteiger partial charge in [0.25, 0.3) is 0 Å². The standard InChI is InChI=1S/C78H67NSi2/c1-80(2,3)71-46-33-57(34-47-71)66-38-51-74(60-23-15-9-16-24-60)77(54-66)63-29-42-69(43-30-63)79(68-40-27-62(28-41-68)76-53-65(56-19-11-7-12-20-56)37-50-73(76)59-21-13-8-14-22-59)70-44-31-64(32-45-70)78-55-67(39-52-75(78)61-25-17-10-18-26-61)58-35-48-72(49-36-58)81(4,5)6/h7-55H,1-6H3. The molecule has 0 saturated carbocycles. The van der Waals surface area contributed by atoms with E-state index >= 15 is 0 Å². The Balaban J connectivity index is 0.969. The van der Waals surface area contributed by atoms with Crippen molar-refractivity contribution in [3.63, 3.8) is 0 Å². The van der Waals surface area contributed by atoms with Crippen molar-refractivity contribution in [1.29, 1.82) is 0 Å². The van der Waals surface area contributed by atoms with E-state index in [4.69, 9.17) is 0 Å². The number of benzene rings is 12. The van der Waals surface area contributed by atoms with Crippen LogP contribution < -0.4 is 15.3 Å². The third kappa shape index (κ3) is 11.4. The van der Waals surface area contributed by atoms with Crippen LogP contribution in [0.3, 0.4) is 0 Å². The molecule has 0 unspecified atom stereocenters. The molecule has 1 nitrogen and oxygen atoms in total. The summed E-state index contributed by atoms with van der Waals surface area (Å²) < 4.78 is 0. The average molecular weight is 1070 g/mol. The van der Waals surface area contributed by atoms with Gasteiger partial charge in [-0.2, -0.15) is 0 Å². The minimum atomic E-state index is -1.44. The van der Waals surface area contributed by atoms with Gasteiger partial charge >= 0.3 is 0 Å². The SMILES string of the molecule is C[Si](C)(C)c1ccc(-c2ccc(-c3ccccc3)c(-c3ccc(N(c4ccc(-c5cc(-c6ccccc6)ccc5-c5ccccc5)cc4)c4ccc(-c5cc(-c6ccc([Si](C)(C)C)cc6)ccc5-c5ccccc5)cc4)cc3)c2)cc1. The highest BCUT2D eigenvalue weighted by atomic mass is 28.3. The molecule has 0 saturated heterocycles. The molecule has 0 amide bonds. The highest BCUT2D eigenvalue weighted by molar-refractivity contribution is 6.89. The van der Waals surface area contributed by atoms with Crippen LogP contribution in [0.25, 0.3) is 100 Å². The Hall–Kier alpha value is -9.13. The van der Waals surface area contributed by atoms with Gasteiger partial charge in [0.05, 0.1) is 16.1 Å². The summed E-state index contributed by atoms with van der Waals surface area (Å²) in [7, 11) is -2.89. The maximum absolute atomic E-state index is 2.41. The minimum Gasteiger partial charge on any atom is -0.311 e. The first-order chi connectivity index (χ1) is 39.4. The van der Waals surface area contributed by atoms with Crippen molar-refractivity contribution in [3.05, 3.63) is 297 Å². The van der Waals surface area contributed by atoms with Gasteiger partial charge in [-0.05, 0) is 155 Å². The lowest BCUT2D eigenvalue weighted by atomic mass is 9.90. The van der Waals surface area contributed by atoms with E-state index in [9.17, 15) is 0 Å². The van der Waals surface area contributed by atoms with Crippen molar-refractivity contribution >= 4 is 43.6 Å². The van der Waals surface area contributed by atoms with Crippen molar-refractivity contribution in [2.45, 2.75) is 39.3 Å². The molecule has 3 heteroatoms. The van der Waals surface area contributed by atoms with Crippen LogP contribution >= 0.6 is 0 Å². The molecule has 0 aliphatic rings. The molecule has 81 heavy (non-hydrogen) atoms. The zero-order valence-electron chi connectivity index (χ0n) is 47.2. The van der Waals surface area contributed by atoms with Crippen LogP contribution in [-0.4, -0.2) is 16.1 Å². The van der Waals surface area contributed by atoms with Crippen LogP contribution in [0.5, 0.6) is 0 Å². The van der Waals surface area contributed by atoms with E-state index in [1.807, 2.05) is 0 Å². The van der Waals surface area contributed by atoms with E-state index in [2.05, 4.69) is 341 Å². The van der Waals surface area contributed by atoms with Gasteiger partial charge in [0, 0.05) is 17.1 Å². The first-order valence-electron chi connectivity index (χ1n) is 28.4. The lowest BCUT2D eigenvalue weighted by Crippen LogP contribution is -2.37. The third-order valence-corrected chi connectivity index (χ3v) is 20.0. The Morgan fingerprint density at radius 1 is 0.185 bits per heavy atom. The van der Waals surface area contributed by atoms with Crippen LogP contribution in [-0.2, 0) is 0 Å². The van der Waals surface area contributed by atoms with Gasteiger partial charge in [-0.25, -0.2) is 0 Å². The Morgan fingerprint density at radius 2 is 0.395 bits per heavy atom. The van der Waals surface area contributed by atoms with E-state index in [1.54, 1.807) is 0 Å². The summed E-state index contributed by atoms with van der Waals surface area (Å²) in [5.74, 6) is 0. The summed E-state index contributed by atoms with van der Waals surface area (Å²) in [6.07, 6.45) is 0. The second-order valence-electron chi connectivity index (χ2n) is 23.4. The minimum absolute atomic E-state index is 1.07. The van der Waals surface area contributed by atoms with Gasteiger partial charge in [0.2, 0.25) is 0 Å². The van der Waals surface area contributed by atoms with Crippen LogP contribution in [0.4, 0.5) is 17.1 Å². The maximum Gasteiger partial charge on any atom is 0.0775 e. The number of nitrogens with zero attached hydrogens (tertiary/aromatic N) is 1. The predicted octanol–water partition coefficient (Wildman–Crippen LogP) is 21.2. The molecule has 0 fully saturated rings. The Morgan fingerprint density at radius 3 is 0.654 bits per heavy atom. The molecule has 0 N–H and O–H groups in total. The molecule has 0 spiro atoms.